The molecule has 1 unspecified atom stereocenters. The summed E-state index contributed by atoms with van der Waals surface area (Å²) in [6.45, 7) is 12.4. The lowest BCUT2D eigenvalue weighted by molar-refractivity contribution is 0.00927. The first kappa shape index (κ1) is 23.4. The SMILES string of the molecule is CN=C(NCC(C)Cn1cccn1)N1CCC(N(CC2CC2)C(=O)OC(C)(C)C)CC1. The predicted octanol–water partition coefficient (Wildman–Crippen LogP) is 3.21. The molecule has 1 aliphatic carbocycles. The number of carbonyl (C=O) groups is 1. The fraction of sp³-hybridized carbons (Fsp3) is 0.783. The molecule has 2 heterocycles. The molecule has 1 atom stereocenters. The number of amides is 1. The number of hydrogen-bond donors (Lipinski definition) is 1. The van der Waals surface area contributed by atoms with Crippen molar-refractivity contribution < 1.29 is 9.53 Å². The van der Waals surface area contributed by atoms with E-state index in [-0.39, 0.29) is 12.1 Å². The van der Waals surface area contributed by atoms with Gasteiger partial charge < -0.3 is 19.9 Å². The van der Waals surface area contributed by atoms with Crippen molar-refractivity contribution in [3.63, 3.8) is 0 Å². The van der Waals surface area contributed by atoms with Crippen LogP contribution in [0.4, 0.5) is 4.79 Å². The Bertz CT molecular complexity index is 715. The van der Waals surface area contributed by atoms with E-state index in [1.54, 1.807) is 0 Å². The number of hydrogen-bond acceptors (Lipinski definition) is 4. The lowest BCUT2D eigenvalue weighted by Crippen LogP contribution is -2.53. The van der Waals surface area contributed by atoms with Gasteiger partial charge in [0.25, 0.3) is 0 Å². The maximum atomic E-state index is 12.8. The summed E-state index contributed by atoms with van der Waals surface area (Å²) >= 11 is 0. The lowest BCUT2D eigenvalue weighted by atomic mass is 10.0. The molecule has 0 spiro atoms. The molecule has 3 rings (SSSR count). The molecule has 1 saturated carbocycles. The van der Waals surface area contributed by atoms with Crippen molar-refractivity contribution in [3.8, 4) is 0 Å². The maximum Gasteiger partial charge on any atom is 0.410 e. The number of aliphatic imine (C=N–C) groups is 1. The van der Waals surface area contributed by atoms with Gasteiger partial charge in [-0.25, -0.2) is 4.79 Å². The van der Waals surface area contributed by atoms with Gasteiger partial charge in [-0.15, -0.1) is 0 Å². The largest absolute Gasteiger partial charge is 0.444 e. The molecule has 1 aromatic rings. The number of nitrogens with zero attached hydrogens (tertiary/aromatic N) is 5. The summed E-state index contributed by atoms with van der Waals surface area (Å²) in [5, 5.41) is 7.81. The molecule has 31 heavy (non-hydrogen) atoms. The first-order valence-electron chi connectivity index (χ1n) is 11.7. The summed E-state index contributed by atoms with van der Waals surface area (Å²) in [4.78, 5) is 21.7. The highest BCUT2D eigenvalue weighted by molar-refractivity contribution is 5.80. The first-order valence-corrected chi connectivity index (χ1v) is 11.7. The fourth-order valence-corrected chi connectivity index (χ4v) is 4.05. The number of nitrogens with one attached hydrogen (secondary N) is 1. The van der Waals surface area contributed by atoms with E-state index in [4.69, 9.17) is 4.74 Å². The Kier molecular flexibility index (Phi) is 7.84. The Labute approximate surface area is 187 Å². The zero-order chi connectivity index (χ0) is 22.4. The van der Waals surface area contributed by atoms with Gasteiger partial charge in [-0.05, 0) is 64.4 Å². The second kappa shape index (κ2) is 10.4. The van der Waals surface area contributed by atoms with Crippen LogP contribution in [0.5, 0.6) is 0 Å². The van der Waals surface area contributed by atoms with E-state index in [0.29, 0.717) is 11.8 Å². The molecule has 174 valence electrons. The summed E-state index contributed by atoms with van der Waals surface area (Å²) in [5.41, 5.74) is -0.460. The van der Waals surface area contributed by atoms with Crippen LogP contribution in [0.25, 0.3) is 0 Å². The Morgan fingerprint density at radius 1 is 1.29 bits per heavy atom. The van der Waals surface area contributed by atoms with Gasteiger partial charge in [-0.3, -0.25) is 9.67 Å². The topological polar surface area (TPSA) is 75.0 Å². The van der Waals surface area contributed by atoms with Crippen LogP contribution in [0.1, 0.15) is 53.4 Å². The van der Waals surface area contributed by atoms with Crippen LogP contribution in [0, 0.1) is 11.8 Å². The van der Waals surface area contributed by atoms with Crippen LogP contribution in [0.3, 0.4) is 0 Å². The molecule has 1 saturated heterocycles. The van der Waals surface area contributed by atoms with Crippen LogP contribution in [0.15, 0.2) is 23.5 Å². The highest BCUT2D eigenvalue weighted by Crippen LogP contribution is 2.32. The number of guanidine groups is 1. The van der Waals surface area contributed by atoms with Crippen molar-refractivity contribution in [2.75, 3.05) is 33.2 Å². The van der Waals surface area contributed by atoms with Gasteiger partial charge in [-0.1, -0.05) is 6.92 Å². The zero-order valence-corrected chi connectivity index (χ0v) is 19.9. The van der Waals surface area contributed by atoms with Gasteiger partial charge in [0.15, 0.2) is 5.96 Å². The third kappa shape index (κ3) is 7.43. The third-order valence-corrected chi connectivity index (χ3v) is 5.86. The number of rotatable bonds is 7. The average Bonchev–Trinajstić information content (AvgIpc) is 3.39. The van der Waals surface area contributed by atoms with Crippen molar-refractivity contribution in [1.29, 1.82) is 0 Å². The summed E-state index contributed by atoms with van der Waals surface area (Å²) in [5.74, 6) is 2.03. The average molecular weight is 433 g/mol. The standard InChI is InChI=1S/C23H40N6O2/c1-18(16-28-12-6-11-26-28)15-25-21(24-5)27-13-9-20(10-14-27)29(17-19-7-8-19)22(30)31-23(2,3)4/h6,11-12,18-20H,7-10,13-17H2,1-5H3,(H,24,25). The van der Waals surface area contributed by atoms with Gasteiger partial charge >= 0.3 is 6.09 Å². The van der Waals surface area contributed by atoms with Gasteiger partial charge in [0.2, 0.25) is 0 Å². The zero-order valence-electron chi connectivity index (χ0n) is 19.9. The molecule has 2 aliphatic rings. The van der Waals surface area contributed by atoms with Crippen molar-refractivity contribution in [2.24, 2.45) is 16.8 Å². The molecule has 8 nitrogen and oxygen atoms in total. The van der Waals surface area contributed by atoms with Crippen LogP contribution < -0.4 is 5.32 Å². The quantitative estimate of drug-likeness (QED) is 0.529. The fourth-order valence-electron chi connectivity index (χ4n) is 4.05. The van der Waals surface area contributed by atoms with Crippen molar-refractivity contribution in [2.45, 2.75) is 71.6 Å². The summed E-state index contributed by atoms with van der Waals surface area (Å²) in [6, 6.07) is 2.19. The second-order valence-electron chi connectivity index (χ2n) is 10.1. The summed E-state index contributed by atoms with van der Waals surface area (Å²) in [6.07, 6.45) is 7.98. The van der Waals surface area contributed by atoms with Crippen molar-refractivity contribution in [1.82, 2.24) is 24.9 Å². The maximum absolute atomic E-state index is 12.8. The summed E-state index contributed by atoms with van der Waals surface area (Å²) < 4.78 is 7.68. The molecule has 1 amide bonds. The van der Waals surface area contributed by atoms with E-state index in [1.807, 2.05) is 55.9 Å². The van der Waals surface area contributed by atoms with Crippen LogP contribution in [0.2, 0.25) is 0 Å². The van der Waals surface area contributed by atoms with Gasteiger partial charge in [0.1, 0.15) is 5.60 Å². The number of carbonyl (C=O) groups excluding carboxylic acids is 1. The normalized spacial score (nSPS) is 19.3. The predicted molar refractivity (Wildman–Crippen MR) is 123 cm³/mol. The Hall–Kier alpha value is -2.25. The van der Waals surface area contributed by atoms with Crippen LogP contribution in [-0.2, 0) is 11.3 Å². The van der Waals surface area contributed by atoms with Crippen molar-refractivity contribution in [3.05, 3.63) is 18.5 Å². The van der Waals surface area contributed by atoms with E-state index in [1.165, 1.54) is 12.8 Å². The van der Waals surface area contributed by atoms with E-state index in [2.05, 4.69) is 27.2 Å². The van der Waals surface area contributed by atoms with E-state index in [0.717, 1.165) is 51.5 Å². The highest BCUT2D eigenvalue weighted by atomic mass is 16.6. The molecular weight excluding hydrogens is 392 g/mol. The number of aromatic nitrogens is 2. The van der Waals surface area contributed by atoms with Crippen LogP contribution >= 0.6 is 0 Å². The minimum atomic E-state index is -0.460. The molecule has 0 aromatic carbocycles. The molecule has 0 radical (unpaired) electrons. The van der Waals surface area contributed by atoms with Crippen LogP contribution in [-0.4, -0.2) is 76.5 Å². The smallest absolute Gasteiger partial charge is 0.410 e. The molecular formula is C23H40N6O2. The van der Waals surface area contributed by atoms with E-state index < -0.39 is 5.60 Å². The minimum absolute atomic E-state index is 0.159. The first-order chi connectivity index (χ1) is 14.7. The molecule has 1 aromatic heterocycles. The van der Waals surface area contributed by atoms with Gasteiger partial charge in [0.05, 0.1) is 0 Å². The lowest BCUT2D eigenvalue weighted by Gasteiger charge is -2.40. The molecule has 0 bridgehead atoms. The molecule has 8 heteroatoms. The number of piperidine rings is 1. The van der Waals surface area contributed by atoms with Gasteiger partial charge in [0, 0.05) is 58.2 Å². The molecule has 1 N–H and O–H groups in total. The Balaban J connectivity index is 1.49. The highest BCUT2D eigenvalue weighted by Gasteiger charge is 2.35. The number of ether oxygens (including phenoxy) is 1. The number of likely N-dealkylation sites (tertiary alicyclic amines) is 1. The summed E-state index contributed by atoms with van der Waals surface area (Å²) in [7, 11) is 1.84. The Morgan fingerprint density at radius 3 is 2.55 bits per heavy atom. The van der Waals surface area contributed by atoms with E-state index in [9.17, 15) is 4.79 Å². The Morgan fingerprint density at radius 2 is 2.00 bits per heavy atom. The molecule has 1 aliphatic heterocycles. The van der Waals surface area contributed by atoms with Crippen molar-refractivity contribution >= 4 is 12.1 Å². The monoisotopic (exact) mass is 432 g/mol. The minimum Gasteiger partial charge on any atom is -0.444 e. The van der Waals surface area contributed by atoms with E-state index >= 15 is 0 Å². The third-order valence-electron chi connectivity index (χ3n) is 5.86. The molecule has 2 fully saturated rings. The second-order valence-corrected chi connectivity index (χ2v) is 10.1. The van der Waals surface area contributed by atoms with Gasteiger partial charge in [-0.2, -0.15) is 5.10 Å².